The lowest BCUT2D eigenvalue weighted by Crippen LogP contribution is -2.31. The van der Waals surface area contributed by atoms with Gasteiger partial charge in [-0.15, -0.1) is 0 Å². The highest BCUT2D eigenvalue weighted by Gasteiger charge is 2.32. The van der Waals surface area contributed by atoms with E-state index in [1.165, 1.54) is 0 Å². The zero-order chi connectivity index (χ0) is 16.4. The highest BCUT2D eigenvalue weighted by Crippen LogP contribution is 2.43. The number of nitrogens with zero attached hydrogens (tertiary/aromatic N) is 1. The van der Waals surface area contributed by atoms with E-state index in [2.05, 4.69) is 10.3 Å². The van der Waals surface area contributed by atoms with Gasteiger partial charge in [0.2, 0.25) is 5.91 Å². The highest BCUT2D eigenvalue weighted by atomic mass is 16.5. The number of amides is 1. The molecule has 1 aliphatic rings. The molecule has 0 saturated carbocycles. The molecule has 24 heavy (non-hydrogen) atoms. The van der Waals surface area contributed by atoms with Crippen molar-refractivity contribution in [1.29, 1.82) is 0 Å². The lowest BCUT2D eigenvalue weighted by atomic mass is 9.87. The molecule has 1 aromatic heterocycles. The molecule has 2 aromatic carbocycles. The van der Waals surface area contributed by atoms with Crippen molar-refractivity contribution in [2.75, 3.05) is 0 Å². The van der Waals surface area contributed by atoms with Gasteiger partial charge >= 0.3 is 0 Å². The summed E-state index contributed by atoms with van der Waals surface area (Å²) < 4.78 is 5.93. The number of para-hydroxylation sites is 2. The van der Waals surface area contributed by atoms with Gasteiger partial charge in [0.25, 0.3) is 0 Å². The second-order valence-corrected chi connectivity index (χ2v) is 5.65. The van der Waals surface area contributed by atoms with Crippen LogP contribution in [0.15, 0.2) is 72.9 Å². The van der Waals surface area contributed by atoms with E-state index in [4.69, 9.17) is 4.74 Å². The van der Waals surface area contributed by atoms with Crippen molar-refractivity contribution in [2.24, 2.45) is 0 Å². The molecule has 0 fully saturated rings. The van der Waals surface area contributed by atoms with Gasteiger partial charge in [-0.05, 0) is 24.3 Å². The minimum Gasteiger partial charge on any atom is -0.457 e. The topological polar surface area (TPSA) is 51.2 Å². The Morgan fingerprint density at radius 1 is 0.917 bits per heavy atom. The van der Waals surface area contributed by atoms with Gasteiger partial charge in [-0.25, -0.2) is 0 Å². The number of carbonyl (C=O) groups is 1. The number of benzene rings is 2. The van der Waals surface area contributed by atoms with Crippen molar-refractivity contribution in [2.45, 2.75) is 12.5 Å². The van der Waals surface area contributed by atoms with Crippen LogP contribution in [0.3, 0.4) is 0 Å². The fourth-order valence-corrected chi connectivity index (χ4v) is 2.97. The third-order valence-corrected chi connectivity index (χ3v) is 4.11. The lowest BCUT2D eigenvalue weighted by molar-refractivity contribution is -0.122. The molecule has 4 rings (SSSR count). The molecular weight excluding hydrogens is 300 g/mol. The Bertz CT molecular complexity index is 832. The zero-order valence-corrected chi connectivity index (χ0v) is 13.0. The molecule has 4 heteroatoms. The van der Waals surface area contributed by atoms with Crippen molar-refractivity contribution in [3.05, 3.63) is 89.7 Å². The van der Waals surface area contributed by atoms with E-state index in [-0.39, 0.29) is 11.8 Å². The average molecular weight is 316 g/mol. The zero-order valence-electron chi connectivity index (χ0n) is 13.0. The smallest absolute Gasteiger partial charge is 0.232 e. The fraction of sp³-hybridized carbons (Fsp3) is 0.100. The molecule has 118 valence electrons. The summed E-state index contributed by atoms with van der Waals surface area (Å²) in [5.74, 6) is 1.03. The van der Waals surface area contributed by atoms with Crippen LogP contribution >= 0.6 is 0 Å². The van der Waals surface area contributed by atoms with Crippen LogP contribution in [-0.4, -0.2) is 10.9 Å². The first-order chi connectivity index (χ1) is 11.8. The number of hydrogen-bond acceptors (Lipinski definition) is 3. The van der Waals surface area contributed by atoms with E-state index < -0.39 is 0 Å². The average Bonchev–Trinajstić information content (AvgIpc) is 2.65. The molecule has 0 radical (unpaired) electrons. The Morgan fingerprint density at radius 2 is 1.54 bits per heavy atom. The largest absolute Gasteiger partial charge is 0.457 e. The molecule has 1 aliphatic heterocycles. The molecule has 0 saturated heterocycles. The van der Waals surface area contributed by atoms with Crippen LogP contribution in [0.25, 0.3) is 0 Å². The van der Waals surface area contributed by atoms with Crippen molar-refractivity contribution < 1.29 is 9.53 Å². The first kappa shape index (κ1) is 14.5. The fourth-order valence-electron chi connectivity index (χ4n) is 2.97. The lowest BCUT2D eigenvalue weighted by Gasteiger charge is -2.27. The van der Waals surface area contributed by atoms with Crippen LogP contribution in [0, 0.1) is 0 Å². The van der Waals surface area contributed by atoms with E-state index in [1.54, 1.807) is 6.20 Å². The quantitative estimate of drug-likeness (QED) is 0.802. The van der Waals surface area contributed by atoms with Crippen LogP contribution < -0.4 is 10.1 Å². The van der Waals surface area contributed by atoms with E-state index in [0.717, 1.165) is 28.3 Å². The summed E-state index contributed by atoms with van der Waals surface area (Å²) in [6.45, 7) is 0.404. The maximum absolute atomic E-state index is 12.9. The normalized spacial score (nSPS) is 12.7. The summed E-state index contributed by atoms with van der Waals surface area (Å²) in [5, 5.41) is 2.99. The highest BCUT2D eigenvalue weighted by molar-refractivity contribution is 5.89. The standard InChI is InChI=1S/C20H16N2O2/c23-20(22-13-14-7-5-6-12-21-14)19-15-8-1-3-10-17(15)24-18-11-4-2-9-16(18)19/h1-12,19H,13H2,(H,22,23). The number of aromatic nitrogens is 1. The first-order valence-electron chi connectivity index (χ1n) is 7.86. The number of fused-ring (bicyclic) bond motifs is 2. The number of nitrogens with one attached hydrogen (secondary N) is 1. The minimum atomic E-state index is -0.380. The van der Waals surface area contributed by atoms with Gasteiger partial charge in [0, 0.05) is 17.3 Å². The number of hydrogen-bond donors (Lipinski definition) is 1. The molecule has 4 nitrogen and oxygen atoms in total. The summed E-state index contributed by atoms with van der Waals surface area (Å²) in [4.78, 5) is 17.1. The number of pyridine rings is 1. The van der Waals surface area contributed by atoms with Crippen molar-refractivity contribution in [3.63, 3.8) is 0 Å². The number of rotatable bonds is 3. The van der Waals surface area contributed by atoms with Crippen molar-refractivity contribution >= 4 is 5.91 Å². The Morgan fingerprint density at radius 3 is 2.17 bits per heavy atom. The monoisotopic (exact) mass is 316 g/mol. The Labute approximate surface area is 140 Å². The van der Waals surface area contributed by atoms with Gasteiger partial charge in [0.15, 0.2) is 0 Å². The first-order valence-corrected chi connectivity index (χ1v) is 7.86. The molecular formula is C20H16N2O2. The van der Waals surface area contributed by atoms with Crippen LogP contribution in [0.1, 0.15) is 22.7 Å². The van der Waals surface area contributed by atoms with Crippen molar-refractivity contribution in [3.8, 4) is 11.5 Å². The molecule has 0 unspecified atom stereocenters. The summed E-state index contributed by atoms with van der Waals surface area (Å²) in [6.07, 6.45) is 1.72. The second-order valence-electron chi connectivity index (χ2n) is 5.65. The van der Waals surface area contributed by atoms with Crippen LogP contribution in [0.4, 0.5) is 0 Å². The maximum Gasteiger partial charge on any atom is 0.232 e. The predicted molar refractivity (Wildman–Crippen MR) is 90.9 cm³/mol. The molecule has 1 N–H and O–H groups in total. The van der Waals surface area contributed by atoms with Crippen LogP contribution in [0.5, 0.6) is 11.5 Å². The summed E-state index contributed by atoms with van der Waals surface area (Å²) in [5.41, 5.74) is 2.60. The van der Waals surface area contributed by atoms with Gasteiger partial charge in [-0.2, -0.15) is 0 Å². The van der Waals surface area contributed by atoms with Crippen LogP contribution in [0.2, 0.25) is 0 Å². The third kappa shape index (κ3) is 2.63. The van der Waals surface area contributed by atoms with Crippen LogP contribution in [-0.2, 0) is 11.3 Å². The minimum absolute atomic E-state index is 0.0520. The van der Waals surface area contributed by atoms with E-state index in [1.807, 2.05) is 66.7 Å². The number of ether oxygens (including phenoxy) is 1. The van der Waals surface area contributed by atoms with E-state index >= 15 is 0 Å². The molecule has 3 aromatic rings. The molecule has 2 heterocycles. The summed E-state index contributed by atoms with van der Waals surface area (Å²) in [6, 6.07) is 21.0. The van der Waals surface area contributed by atoms with Crippen molar-refractivity contribution in [1.82, 2.24) is 10.3 Å². The second kappa shape index (κ2) is 6.16. The Balaban J connectivity index is 1.65. The number of carbonyl (C=O) groups excluding carboxylic acids is 1. The van der Waals surface area contributed by atoms with Gasteiger partial charge in [-0.3, -0.25) is 9.78 Å². The Hall–Kier alpha value is -3.14. The molecule has 0 atom stereocenters. The molecule has 0 bridgehead atoms. The molecule has 0 aliphatic carbocycles. The van der Waals surface area contributed by atoms with E-state index in [0.29, 0.717) is 6.54 Å². The molecule has 1 amide bonds. The van der Waals surface area contributed by atoms with Gasteiger partial charge in [-0.1, -0.05) is 42.5 Å². The predicted octanol–water partition coefficient (Wildman–Crippen LogP) is 3.64. The van der Waals surface area contributed by atoms with E-state index in [9.17, 15) is 4.79 Å². The summed E-state index contributed by atoms with van der Waals surface area (Å²) >= 11 is 0. The summed E-state index contributed by atoms with van der Waals surface area (Å²) in [7, 11) is 0. The van der Waals surface area contributed by atoms with Gasteiger partial charge in [0.05, 0.1) is 18.2 Å². The molecule has 0 spiro atoms. The maximum atomic E-state index is 12.9. The Kier molecular flexibility index (Phi) is 3.71. The third-order valence-electron chi connectivity index (χ3n) is 4.11. The van der Waals surface area contributed by atoms with Gasteiger partial charge < -0.3 is 10.1 Å². The van der Waals surface area contributed by atoms with Gasteiger partial charge in [0.1, 0.15) is 11.5 Å². The SMILES string of the molecule is O=C(NCc1ccccn1)C1c2ccccc2Oc2ccccc21.